The van der Waals surface area contributed by atoms with Crippen molar-refractivity contribution in [2.45, 2.75) is 46.5 Å². The van der Waals surface area contributed by atoms with Gasteiger partial charge in [0.15, 0.2) is 0 Å². The van der Waals surface area contributed by atoms with Crippen LogP contribution in [0.2, 0.25) is 0 Å². The fraction of sp³-hybridized carbons (Fsp3) is 0.364. The minimum absolute atomic E-state index is 0.548. The fourth-order valence-corrected chi connectivity index (χ4v) is 3.45. The zero-order chi connectivity index (χ0) is 15.7. The highest BCUT2D eigenvalue weighted by Gasteiger charge is 2.20. The Balaban J connectivity index is 2.13. The van der Waals surface area contributed by atoms with Crippen LogP contribution >= 0.6 is 0 Å². The van der Waals surface area contributed by atoms with Crippen LogP contribution in [0.1, 0.15) is 56.7 Å². The van der Waals surface area contributed by atoms with Crippen molar-refractivity contribution in [3.8, 4) is 11.1 Å². The van der Waals surface area contributed by atoms with Crippen LogP contribution in [0.25, 0.3) is 17.2 Å². The molecule has 0 saturated carbocycles. The first kappa shape index (κ1) is 15.1. The first-order valence-electron chi connectivity index (χ1n) is 8.53. The van der Waals surface area contributed by atoms with E-state index in [4.69, 9.17) is 0 Å². The Morgan fingerprint density at radius 3 is 2.36 bits per heavy atom. The Labute approximate surface area is 134 Å². The van der Waals surface area contributed by atoms with Gasteiger partial charge in [-0.2, -0.15) is 0 Å². The summed E-state index contributed by atoms with van der Waals surface area (Å²) in [4.78, 5) is 0. The van der Waals surface area contributed by atoms with E-state index >= 15 is 0 Å². The molecule has 2 aromatic carbocycles. The number of rotatable bonds is 4. The Hall–Kier alpha value is -1.82. The molecule has 114 valence electrons. The third-order valence-electron chi connectivity index (χ3n) is 5.04. The van der Waals surface area contributed by atoms with E-state index in [0.717, 1.165) is 6.42 Å². The largest absolute Gasteiger partial charge is 0.0648 e. The molecule has 0 aliphatic heterocycles. The lowest BCUT2D eigenvalue weighted by Gasteiger charge is -2.15. The molecule has 0 N–H and O–H groups in total. The summed E-state index contributed by atoms with van der Waals surface area (Å²) in [6.45, 7) is 9.19. The minimum atomic E-state index is 0.548. The number of allylic oxidation sites excluding steroid dienone is 1. The van der Waals surface area contributed by atoms with Crippen LogP contribution in [0.4, 0.5) is 0 Å². The molecule has 22 heavy (non-hydrogen) atoms. The van der Waals surface area contributed by atoms with Crippen molar-refractivity contribution in [2.24, 2.45) is 5.92 Å². The zero-order valence-electron chi connectivity index (χ0n) is 14.2. The van der Waals surface area contributed by atoms with E-state index in [9.17, 15) is 0 Å². The van der Waals surface area contributed by atoms with E-state index in [2.05, 4.69) is 76.2 Å². The summed E-state index contributed by atoms with van der Waals surface area (Å²) in [5, 5.41) is 0. The average molecular weight is 290 g/mol. The second kappa shape index (κ2) is 6.12. The molecule has 0 saturated heterocycles. The van der Waals surface area contributed by atoms with Gasteiger partial charge in [0.1, 0.15) is 0 Å². The predicted molar refractivity (Wildman–Crippen MR) is 97.1 cm³/mol. The molecule has 0 heteroatoms. The van der Waals surface area contributed by atoms with E-state index in [1.165, 1.54) is 34.2 Å². The van der Waals surface area contributed by atoms with Crippen LogP contribution < -0.4 is 0 Å². The highest BCUT2D eigenvalue weighted by atomic mass is 14.2. The van der Waals surface area contributed by atoms with Crippen molar-refractivity contribution in [3.05, 3.63) is 64.7 Å². The lowest BCUT2D eigenvalue weighted by atomic mass is 9.89. The summed E-state index contributed by atoms with van der Waals surface area (Å²) in [7, 11) is 0. The van der Waals surface area contributed by atoms with Gasteiger partial charge in [-0.3, -0.25) is 0 Å². The van der Waals surface area contributed by atoms with Gasteiger partial charge in [-0.15, -0.1) is 0 Å². The first-order chi connectivity index (χ1) is 10.6. The summed E-state index contributed by atoms with van der Waals surface area (Å²) in [6.07, 6.45) is 4.80. The van der Waals surface area contributed by atoms with Crippen LogP contribution in [0, 0.1) is 5.92 Å². The maximum Gasteiger partial charge on any atom is -0.00549 e. The number of benzene rings is 2. The Morgan fingerprint density at radius 1 is 0.909 bits per heavy atom. The van der Waals surface area contributed by atoms with Gasteiger partial charge in [-0.1, -0.05) is 81.8 Å². The molecule has 3 rings (SSSR count). The van der Waals surface area contributed by atoms with Crippen molar-refractivity contribution >= 4 is 6.08 Å². The van der Waals surface area contributed by atoms with Crippen LogP contribution in [-0.2, 0) is 6.42 Å². The standard InChI is InChI=1S/C22H26/c1-5-16(4)18-13-17-9-8-12-21(22(17)14-18)20-11-7-6-10-19(20)15(2)3/h6-12,14-16H,5,13H2,1-4H3. The van der Waals surface area contributed by atoms with Crippen LogP contribution in [-0.4, -0.2) is 0 Å². The van der Waals surface area contributed by atoms with Gasteiger partial charge in [-0.25, -0.2) is 0 Å². The Bertz CT molecular complexity index is 704. The molecule has 1 atom stereocenters. The fourth-order valence-electron chi connectivity index (χ4n) is 3.45. The molecule has 0 radical (unpaired) electrons. The summed E-state index contributed by atoms with van der Waals surface area (Å²) >= 11 is 0. The molecular formula is C22H26. The van der Waals surface area contributed by atoms with Gasteiger partial charge in [0, 0.05) is 0 Å². The minimum Gasteiger partial charge on any atom is -0.0648 e. The normalized spacial score (nSPS) is 14.9. The second-order valence-electron chi connectivity index (χ2n) is 6.83. The third kappa shape index (κ3) is 2.63. The van der Waals surface area contributed by atoms with E-state index in [-0.39, 0.29) is 0 Å². The molecule has 0 spiro atoms. The van der Waals surface area contributed by atoms with Gasteiger partial charge < -0.3 is 0 Å². The third-order valence-corrected chi connectivity index (χ3v) is 5.04. The van der Waals surface area contributed by atoms with Gasteiger partial charge in [0.25, 0.3) is 0 Å². The highest BCUT2D eigenvalue weighted by Crippen LogP contribution is 2.39. The average Bonchev–Trinajstić information content (AvgIpc) is 2.98. The van der Waals surface area contributed by atoms with E-state index in [1.54, 1.807) is 5.57 Å². The molecule has 0 aromatic heterocycles. The Kier molecular flexibility index (Phi) is 4.20. The van der Waals surface area contributed by atoms with Gasteiger partial charge in [-0.05, 0) is 52.5 Å². The SMILES string of the molecule is CCC(C)C1=Cc2c(cccc2-c2ccccc2C(C)C)C1. The molecule has 0 amide bonds. The summed E-state index contributed by atoms with van der Waals surface area (Å²) in [6, 6.07) is 15.7. The maximum absolute atomic E-state index is 2.45. The zero-order valence-corrected chi connectivity index (χ0v) is 14.2. The van der Waals surface area contributed by atoms with Gasteiger partial charge in [0.05, 0.1) is 0 Å². The van der Waals surface area contributed by atoms with E-state index in [1.807, 2.05) is 0 Å². The molecule has 1 aliphatic carbocycles. The molecule has 1 aliphatic rings. The lowest BCUT2D eigenvalue weighted by Crippen LogP contribution is -1.97. The van der Waals surface area contributed by atoms with Crippen molar-refractivity contribution < 1.29 is 0 Å². The lowest BCUT2D eigenvalue weighted by molar-refractivity contribution is 0.647. The predicted octanol–water partition coefficient (Wildman–Crippen LogP) is 6.46. The molecular weight excluding hydrogens is 264 g/mol. The summed E-state index contributed by atoms with van der Waals surface area (Å²) < 4.78 is 0. The molecule has 0 fully saturated rings. The summed E-state index contributed by atoms with van der Waals surface area (Å²) in [5.74, 6) is 1.23. The highest BCUT2D eigenvalue weighted by molar-refractivity contribution is 5.82. The van der Waals surface area contributed by atoms with Crippen LogP contribution in [0.5, 0.6) is 0 Å². The second-order valence-corrected chi connectivity index (χ2v) is 6.83. The van der Waals surface area contributed by atoms with Crippen LogP contribution in [0.3, 0.4) is 0 Å². The van der Waals surface area contributed by atoms with E-state index in [0.29, 0.717) is 11.8 Å². The number of hydrogen-bond acceptors (Lipinski definition) is 0. The molecule has 0 bridgehead atoms. The van der Waals surface area contributed by atoms with Crippen molar-refractivity contribution in [1.29, 1.82) is 0 Å². The quantitative estimate of drug-likeness (QED) is 0.606. The van der Waals surface area contributed by atoms with Gasteiger partial charge >= 0.3 is 0 Å². The van der Waals surface area contributed by atoms with E-state index < -0.39 is 0 Å². The Morgan fingerprint density at radius 2 is 1.64 bits per heavy atom. The van der Waals surface area contributed by atoms with Crippen molar-refractivity contribution in [3.63, 3.8) is 0 Å². The smallest absolute Gasteiger partial charge is 0.00549 e. The topological polar surface area (TPSA) is 0 Å². The number of fused-ring (bicyclic) bond motifs is 1. The number of hydrogen-bond donors (Lipinski definition) is 0. The molecule has 1 unspecified atom stereocenters. The maximum atomic E-state index is 2.45. The van der Waals surface area contributed by atoms with Crippen molar-refractivity contribution in [1.82, 2.24) is 0 Å². The monoisotopic (exact) mass is 290 g/mol. The molecule has 2 aromatic rings. The van der Waals surface area contributed by atoms with Gasteiger partial charge in [0.2, 0.25) is 0 Å². The van der Waals surface area contributed by atoms with Crippen molar-refractivity contribution in [2.75, 3.05) is 0 Å². The molecule has 0 heterocycles. The first-order valence-corrected chi connectivity index (χ1v) is 8.53. The summed E-state index contributed by atoms with van der Waals surface area (Å²) in [5.41, 5.74) is 8.78. The van der Waals surface area contributed by atoms with Crippen LogP contribution in [0.15, 0.2) is 48.0 Å². The molecule has 0 nitrogen and oxygen atoms in total.